The molecule has 2 aliphatic heterocycles. The van der Waals surface area contributed by atoms with Gasteiger partial charge in [0.15, 0.2) is 6.04 Å². The molecule has 4 heterocycles. The number of rotatable bonds is 3. The minimum absolute atomic E-state index is 0.0835. The second-order valence-electron chi connectivity index (χ2n) is 9.37. The molecule has 0 unspecified atom stereocenters. The third-order valence-electron chi connectivity index (χ3n) is 6.74. The van der Waals surface area contributed by atoms with Crippen molar-refractivity contribution >= 4 is 29.2 Å². The van der Waals surface area contributed by atoms with Crippen LogP contribution in [0.1, 0.15) is 28.8 Å². The average Bonchev–Trinajstić information content (AvgIpc) is 3.48. The molecule has 5 rings (SSSR count). The van der Waals surface area contributed by atoms with Crippen LogP contribution in [0.4, 0.5) is 18.0 Å². The molecule has 13 heteroatoms. The molecule has 0 N–H and O–H groups in total. The van der Waals surface area contributed by atoms with Crippen LogP contribution in [0.3, 0.4) is 0 Å². The van der Waals surface area contributed by atoms with Gasteiger partial charge in [0, 0.05) is 25.2 Å². The first kappa shape index (κ1) is 26.7. The van der Waals surface area contributed by atoms with Gasteiger partial charge in [-0.2, -0.15) is 18.3 Å². The number of imide groups is 1. The van der Waals surface area contributed by atoms with Gasteiger partial charge >= 0.3 is 12.3 Å². The Labute approximate surface area is 225 Å². The van der Waals surface area contributed by atoms with Crippen molar-refractivity contribution in [1.29, 1.82) is 0 Å². The van der Waals surface area contributed by atoms with Gasteiger partial charge in [-0.25, -0.2) is 9.69 Å². The highest BCUT2D eigenvalue weighted by Crippen LogP contribution is 2.35. The molecule has 9 nitrogen and oxygen atoms in total. The van der Waals surface area contributed by atoms with E-state index in [0.717, 1.165) is 33.6 Å². The maximum Gasteiger partial charge on any atom is 0.417 e. The lowest BCUT2D eigenvalue weighted by molar-refractivity contribution is -0.195. The second-order valence-corrected chi connectivity index (χ2v) is 10.4. The zero-order valence-electron chi connectivity index (χ0n) is 20.9. The van der Waals surface area contributed by atoms with Gasteiger partial charge in [-0.1, -0.05) is 18.2 Å². The second kappa shape index (κ2) is 10.7. The number of fused-ring (bicyclic) bond motifs is 2. The molecule has 0 bridgehead atoms. The molecule has 0 radical (unpaired) electrons. The summed E-state index contributed by atoms with van der Waals surface area (Å²) in [6.45, 7) is -2.15. The molecule has 1 atom stereocenters. The van der Waals surface area contributed by atoms with Gasteiger partial charge in [0.2, 0.25) is 11.8 Å². The minimum Gasteiger partial charge on any atom is -0.490 e. The normalized spacial score (nSPS) is 18.5. The Kier molecular flexibility index (Phi) is 7.34. The van der Waals surface area contributed by atoms with E-state index >= 15 is 0 Å². The number of halogens is 3. The van der Waals surface area contributed by atoms with E-state index in [4.69, 9.17) is 9.47 Å². The van der Waals surface area contributed by atoms with Crippen molar-refractivity contribution in [3.63, 3.8) is 0 Å². The number of nitrogens with zero attached hydrogens (tertiary/aromatic N) is 4. The number of benzene rings is 1. The Hall–Kier alpha value is -3.87. The minimum atomic E-state index is -4.77. The summed E-state index contributed by atoms with van der Waals surface area (Å²) in [6, 6.07) is 4.99. The number of carbonyl (C=O) groups excluding carboxylic acids is 3. The summed E-state index contributed by atoms with van der Waals surface area (Å²) in [7, 11) is 1.82. The van der Waals surface area contributed by atoms with Crippen molar-refractivity contribution in [2.75, 3.05) is 13.2 Å². The zero-order valence-corrected chi connectivity index (χ0v) is 21.8. The number of aromatic nitrogens is 2. The summed E-state index contributed by atoms with van der Waals surface area (Å²) in [5.74, 6) is -1.43. The number of alkyl halides is 3. The van der Waals surface area contributed by atoms with Gasteiger partial charge in [0.05, 0.1) is 17.6 Å². The van der Waals surface area contributed by atoms with E-state index in [-0.39, 0.29) is 25.3 Å². The Morgan fingerprint density at radius 1 is 1.13 bits per heavy atom. The number of aryl methyl sites for hydroxylation is 2. The molecule has 0 fully saturated rings. The molecule has 39 heavy (non-hydrogen) atoms. The quantitative estimate of drug-likeness (QED) is 0.473. The van der Waals surface area contributed by atoms with E-state index in [1.165, 1.54) is 0 Å². The Bertz CT molecular complexity index is 1400. The fourth-order valence-corrected chi connectivity index (χ4v) is 5.45. The first-order valence-electron chi connectivity index (χ1n) is 12.2. The molecule has 206 valence electrons. The van der Waals surface area contributed by atoms with Gasteiger partial charge in [0.25, 0.3) is 0 Å². The molecule has 0 saturated carbocycles. The summed E-state index contributed by atoms with van der Waals surface area (Å²) in [5.41, 5.74) is 3.49. The Morgan fingerprint density at radius 3 is 2.69 bits per heavy atom. The van der Waals surface area contributed by atoms with Crippen LogP contribution in [0.2, 0.25) is 0 Å². The van der Waals surface area contributed by atoms with Gasteiger partial charge in [0.1, 0.15) is 25.5 Å². The Balaban J connectivity index is 1.33. The van der Waals surface area contributed by atoms with Crippen molar-refractivity contribution in [3.05, 3.63) is 58.0 Å². The summed E-state index contributed by atoms with van der Waals surface area (Å²) >= 11 is 1.16. The SMILES string of the molecule is Cn1cc(-c2ccc3c(c2)CCCC(=O)N(CC(=O)N2Cc4sccc4OC[C@H]2C(F)(F)F)C(=O)OC3)cn1. The van der Waals surface area contributed by atoms with Gasteiger partial charge in [-0.3, -0.25) is 14.3 Å². The van der Waals surface area contributed by atoms with Crippen LogP contribution < -0.4 is 4.74 Å². The van der Waals surface area contributed by atoms with Crippen molar-refractivity contribution in [2.45, 2.75) is 44.6 Å². The number of hydrogen-bond acceptors (Lipinski definition) is 7. The van der Waals surface area contributed by atoms with Crippen molar-refractivity contribution < 1.29 is 37.0 Å². The summed E-state index contributed by atoms with van der Waals surface area (Å²) in [4.78, 5) is 40.8. The van der Waals surface area contributed by atoms with Crippen molar-refractivity contribution in [1.82, 2.24) is 19.6 Å². The van der Waals surface area contributed by atoms with Gasteiger partial charge < -0.3 is 14.4 Å². The van der Waals surface area contributed by atoms with E-state index in [1.54, 1.807) is 22.3 Å². The van der Waals surface area contributed by atoms with Crippen LogP contribution in [-0.2, 0) is 40.9 Å². The highest BCUT2D eigenvalue weighted by molar-refractivity contribution is 7.10. The van der Waals surface area contributed by atoms with Crippen LogP contribution in [0.5, 0.6) is 5.75 Å². The molecule has 0 saturated heterocycles. The predicted octanol–water partition coefficient (Wildman–Crippen LogP) is 4.30. The lowest BCUT2D eigenvalue weighted by Gasteiger charge is -2.32. The number of amides is 3. The average molecular weight is 563 g/mol. The summed E-state index contributed by atoms with van der Waals surface area (Å²) < 4.78 is 53.9. The lowest BCUT2D eigenvalue weighted by Crippen LogP contribution is -2.54. The highest BCUT2D eigenvalue weighted by atomic mass is 32.1. The number of thiophene rings is 1. The van der Waals surface area contributed by atoms with Gasteiger partial charge in [-0.15, -0.1) is 11.3 Å². The van der Waals surface area contributed by atoms with E-state index in [9.17, 15) is 27.6 Å². The molecule has 3 aromatic rings. The first-order chi connectivity index (χ1) is 18.6. The molecule has 3 amide bonds. The van der Waals surface area contributed by atoms with E-state index < -0.39 is 43.3 Å². The number of carbonyl (C=O) groups is 3. The fraction of sp³-hybridized carbons (Fsp3) is 0.385. The molecule has 0 spiro atoms. The van der Waals surface area contributed by atoms with E-state index in [2.05, 4.69) is 5.10 Å². The van der Waals surface area contributed by atoms with Crippen molar-refractivity contribution in [3.8, 4) is 16.9 Å². The largest absolute Gasteiger partial charge is 0.490 e. The molecular weight excluding hydrogens is 537 g/mol. The van der Waals surface area contributed by atoms with E-state index in [1.807, 2.05) is 31.4 Å². The van der Waals surface area contributed by atoms with Crippen molar-refractivity contribution in [2.24, 2.45) is 7.05 Å². The smallest absolute Gasteiger partial charge is 0.417 e. The maximum absolute atomic E-state index is 13.8. The number of hydrogen-bond donors (Lipinski definition) is 0. The molecule has 1 aromatic carbocycles. The fourth-order valence-electron chi connectivity index (χ4n) is 4.64. The van der Waals surface area contributed by atoms with Crippen LogP contribution in [-0.4, -0.2) is 62.9 Å². The first-order valence-corrected chi connectivity index (χ1v) is 13.1. The van der Waals surface area contributed by atoms with Crippen LogP contribution in [0.15, 0.2) is 42.0 Å². The standard InChI is InChI=1S/C26H25F3N4O5S/c1-31-11-19(10-30-31)17-5-6-18-14-38-25(36)33(23(34)4-2-3-16(18)9-17)13-24(35)32-12-21-20(7-8-39-21)37-15-22(32)26(27,28)29/h5-11,22H,2-4,12-15H2,1H3/t22-/m0/s1. The molecular formula is C26H25F3N4O5S. The summed E-state index contributed by atoms with van der Waals surface area (Å²) in [5, 5.41) is 5.84. The number of ether oxygens (including phenoxy) is 2. The maximum atomic E-state index is 13.8. The van der Waals surface area contributed by atoms with E-state index in [0.29, 0.717) is 27.5 Å². The zero-order chi connectivity index (χ0) is 27.7. The topological polar surface area (TPSA) is 94.0 Å². The monoisotopic (exact) mass is 562 g/mol. The lowest BCUT2D eigenvalue weighted by atomic mass is 9.97. The summed E-state index contributed by atoms with van der Waals surface area (Å²) in [6.07, 6.45) is -1.43. The Morgan fingerprint density at radius 2 is 1.95 bits per heavy atom. The predicted molar refractivity (Wildman–Crippen MR) is 134 cm³/mol. The van der Waals surface area contributed by atoms with Crippen LogP contribution >= 0.6 is 11.3 Å². The van der Waals surface area contributed by atoms with Crippen LogP contribution in [0, 0.1) is 0 Å². The third-order valence-corrected chi connectivity index (χ3v) is 7.62. The molecule has 2 aliphatic rings. The van der Waals surface area contributed by atoms with Crippen LogP contribution in [0.25, 0.3) is 11.1 Å². The van der Waals surface area contributed by atoms with Gasteiger partial charge in [-0.05, 0) is 41.0 Å². The number of cyclic esters (lactones) is 1. The molecule has 2 aromatic heterocycles. The third kappa shape index (κ3) is 5.77. The molecule has 0 aliphatic carbocycles. The highest BCUT2D eigenvalue weighted by Gasteiger charge is 2.48.